The van der Waals surface area contributed by atoms with Crippen molar-refractivity contribution in [2.75, 3.05) is 26.9 Å². The van der Waals surface area contributed by atoms with Gasteiger partial charge in [0.25, 0.3) is 0 Å². The maximum absolute atomic E-state index is 6.13. The SMILES string of the molecule is COc1cccc(CC(N)C2COCCO2)c1. The molecule has 1 aliphatic rings. The van der Waals surface area contributed by atoms with Crippen LogP contribution in [0.4, 0.5) is 0 Å². The van der Waals surface area contributed by atoms with Crippen molar-refractivity contribution in [3.8, 4) is 5.75 Å². The standard InChI is InChI=1S/C13H19NO3/c1-15-11-4-2-3-10(7-11)8-12(14)13-9-16-5-6-17-13/h2-4,7,12-13H,5-6,8-9,14H2,1H3. The van der Waals surface area contributed by atoms with E-state index in [0.717, 1.165) is 17.7 Å². The molecular weight excluding hydrogens is 218 g/mol. The zero-order valence-corrected chi connectivity index (χ0v) is 10.1. The molecule has 2 rings (SSSR count). The fourth-order valence-corrected chi connectivity index (χ4v) is 1.96. The minimum atomic E-state index is -0.0394. The highest BCUT2D eigenvalue weighted by molar-refractivity contribution is 5.29. The van der Waals surface area contributed by atoms with E-state index >= 15 is 0 Å². The Hall–Kier alpha value is -1.10. The van der Waals surface area contributed by atoms with Crippen molar-refractivity contribution in [3.05, 3.63) is 29.8 Å². The Kier molecular flexibility index (Phi) is 4.36. The van der Waals surface area contributed by atoms with E-state index in [0.29, 0.717) is 19.8 Å². The summed E-state index contributed by atoms with van der Waals surface area (Å²) < 4.78 is 16.1. The van der Waals surface area contributed by atoms with Gasteiger partial charge in [-0.15, -0.1) is 0 Å². The van der Waals surface area contributed by atoms with Crippen LogP contribution in [0.3, 0.4) is 0 Å². The summed E-state index contributed by atoms with van der Waals surface area (Å²) in [6, 6.07) is 7.91. The number of benzene rings is 1. The number of rotatable bonds is 4. The monoisotopic (exact) mass is 237 g/mol. The Morgan fingerprint density at radius 3 is 3.06 bits per heavy atom. The van der Waals surface area contributed by atoms with E-state index in [4.69, 9.17) is 19.9 Å². The van der Waals surface area contributed by atoms with E-state index in [-0.39, 0.29) is 12.1 Å². The van der Waals surface area contributed by atoms with Crippen molar-refractivity contribution in [1.29, 1.82) is 0 Å². The second-order valence-electron chi connectivity index (χ2n) is 4.20. The third-order valence-electron chi connectivity index (χ3n) is 2.92. The minimum Gasteiger partial charge on any atom is -0.497 e. The van der Waals surface area contributed by atoms with Crippen LogP contribution >= 0.6 is 0 Å². The summed E-state index contributed by atoms with van der Waals surface area (Å²) >= 11 is 0. The van der Waals surface area contributed by atoms with Gasteiger partial charge in [-0.1, -0.05) is 12.1 Å². The third kappa shape index (κ3) is 3.43. The lowest BCUT2D eigenvalue weighted by Gasteiger charge is -2.28. The molecule has 2 N–H and O–H groups in total. The number of methoxy groups -OCH3 is 1. The minimum absolute atomic E-state index is 0.00467. The van der Waals surface area contributed by atoms with Crippen molar-refractivity contribution in [2.45, 2.75) is 18.6 Å². The maximum Gasteiger partial charge on any atom is 0.119 e. The van der Waals surface area contributed by atoms with Gasteiger partial charge in [-0.05, 0) is 24.1 Å². The lowest BCUT2D eigenvalue weighted by Crippen LogP contribution is -2.44. The molecule has 1 aromatic rings. The predicted octanol–water partition coefficient (Wildman–Crippen LogP) is 0.980. The number of ether oxygens (including phenoxy) is 3. The van der Waals surface area contributed by atoms with Gasteiger partial charge in [-0.2, -0.15) is 0 Å². The van der Waals surface area contributed by atoms with Crippen LogP contribution in [0.15, 0.2) is 24.3 Å². The van der Waals surface area contributed by atoms with Crippen LogP contribution in [0.1, 0.15) is 5.56 Å². The number of hydrogen-bond donors (Lipinski definition) is 1. The van der Waals surface area contributed by atoms with Gasteiger partial charge in [-0.25, -0.2) is 0 Å². The first-order valence-corrected chi connectivity index (χ1v) is 5.87. The zero-order valence-electron chi connectivity index (χ0n) is 10.1. The predicted molar refractivity (Wildman–Crippen MR) is 65.2 cm³/mol. The molecule has 4 heteroatoms. The fourth-order valence-electron chi connectivity index (χ4n) is 1.96. The highest BCUT2D eigenvalue weighted by atomic mass is 16.6. The molecule has 0 bridgehead atoms. The molecule has 0 radical (unpaired) electrons. The summed E-state index contributed by atoms with van der Waals surface area (Å²) in [5.41, 5.74) is 7.28. The van der Waals surface area contributed by atoms with E-state index in [1.807, 2.05) is 24.3 Å². The lowest BCUT2D eigenvalue weighted by molar-refractivity contribution is -0.0967. The van der Waals surface area contributed by atoms with Crippen molar-refractivity contribution in [3.63, 3.8) is 0 Å². The van der Waals surface area contributed by atoms with Gasteiger partial charge in [-0.3, -0.25) is 0 Å². The Morgan fingerprint density at radius 1 is 1.47 bits per heavy atom. The normalized spacial score (nSPS) is 22.1. The molecule has 2 atom stereocenters. The fraction of sp³-hybridized carbons (Fsp3) is 0.538. The molecule has 2 unspecified atom stereocenters. The summed E-state index contributed by atoms with van der Waals surface area (Å²) in [4.78, 5) is 0. The molecule has 0 aliphatic carbocycles. The Balaban J connectivity index is 1.94. The molecule has 94 valence electrons. The van der Waals surface area contributed by atoms with Gasteiger partial charge in [0, 0.05) is 6.04 Å². The van der Waals surface area contributed by atoms with E-state index in [2.05, 4.69) is 0 Å². The van der Waals surface area contributed by atoms with Gasteiger partial charge < -0.3 is 19.9 Å². The smallest absolute Gasteiger partial charge is 0.119 e. The highest BCUT2D eigenvalue weighted by Crippen LogP contribution is 2.15. The molecule has 4 nitrogen and oxygen atoms in total. The van der Waals surface area contributed by atoms with Crippen molar-refractivity contribution >= 4 is 0 Å². The van der Waals surface area contributed by atoms with E-state index in [1.165, 1.54) is 0 Å². The average Bonchev–Trinajstić information content (AvgIpc) is 2.40. The van der Waals surface area contributed by atoms with Gasteiger partial charge in [0.2, 0.25) is 0 Å². The van der Waals surface area contributed by atoms with Crippen LogP contribution < -0.4 is 10.5 Å². The van der Waals surface area contributed by atoms with Gasteiger partial charge >= 0.3 is 0 Å². The molecule has 1 aromatic carbocycles. The van der Waals surface area contributed by atoms with Gasteiger partial charge in [0.15, 0.2) is 0 Å². The molecule has 1 heterocycles. The Labute approximate surface area is 102 Å². The number of hydrogen-bond acceptors (Lipinski definition) is 4. The first kappa shape index (κ1) is 12.4. The largest absolute Gasteiger partial charge is 0.497 e. The second kappa shape index (κ2) is 6.00. The van der Waals surface area contributed by atoms with Crippen LogP contribution in [0.25, 0.3) is 0 Å². The van der Waals surface area contributed by atoms with Gasteiger partial charge in [0.05, 0.1) is 33.0 Å². The third-order valence-corrected chi connectivity index (χ3v) is 2.92. The van der Waals surface area contributed by atoms with Crippen molar-refractivity contribution in [1.82, 2.24) is 0 Å². The topological polar surface area (TPSA) is 53.7 Å². The average molecular weight is 237 g/mol. The summed E-state index contributed by atoms with van der Waals surface area (Å²) in [5.74, 6) is 0.857. The molecule has 1 aliphatic heterocycles. The van der Waals surface area contributed by atoms with Crippen LogP contribution in [0.2, 0.25) is 0 Å². The Morgan fingerprint density at radius 2 is 2.35 bits per heavy atom. The Bertz CT molecular complexity index is 350. The first-order chi connectivity index (χ1) is 8.29. The van der Waals surface area contributed by atoms with E-state index < -0.39 is 0 Å². The molecule has 1 saturated heterocycles. The lowest BCUT2D eigenvalue weighted by atomic mass is 10.0. The summed E-state index contributed by atoms with van der Waals surface area (Å²) in [5, 5.41) is 0. The van der Waals surface area contributed by atoms with Crippen LogP contribution in [-0.4, -0.2) is 39.1 Å². The second-order valence-corrected chi connectivity index (χ2v) is 4.20. The van der Waals surface area contributed by atoms with E-state index in [9.17, 15) is 0 Å². The van der Waals surface area contributed by atoms with Crippen LogP contribution in [0, 0.1) is 0 Å². The molecular formula is C13H19NO3. The maximum atomic E-state index is 6.13. The van der Waals surface area contributed by atoms with Crippen molar-refractivity contribution < 1.29 is 14.2 Å². The first-order valence-electron chi connectivity index (χ1n) is 5.87. The summed E-state index contributed by atoms with van der Waals surface area (Å²) in [6.45, 7) is 1.89. The quantitative estimate of drug-likeness (QED) is 0.848. The molecule has 1 fully saturated rings. The van der Waals surface area contributed by atoms with Crippen molar-refractivity contribution in [2.24, 2.45) is 5.73 Å². The zero-order chi connectivity index (χ0) is 12.1. The summed E-state index contributed by atoms with van der Waals surface area (Å²) in [6.07, 6.45) is 0.764. The molecule has 17 heavy (non-hydrogen) atoms. The van der Waals surface area contributed by atoms with Gasteiger partial charge in [0.1, 0.15) is 5.75 Å². The molecule has 0 aromatic heterocycles. The molecule has 0 amide bonds. The van der Waals surface area contributed by atoms with Crippen LogP contribution in [0.5, 0.6) is 5.75 Å². The molecule has 0 saturated carbocycles. The molecule has 0 spiro atoms. The number of nitrogens with two attached hydrogens (primary N) is 1. The highest BCUT2D eigenvalue weighted by Gasteiger charge is 2.22. The summed E-state index contributed by atoms with van der Waals surface area (Å²) in [7, 11) is 1.66. The van der Waals surface area contributed by atoms with Crippen LogP contribution in [-0.2, 0) is 15.9 Å². The van der Waals surface area contributed by atoms with E-state index in [1.54, 1.807) is 7.11 Å².